The van der Waals surface area contributed by atoms with Gasteiger partial charge in [-0.3, -0.25) is 15.0 Å². The van der Waals surface area contributed by atoms with Crippen LogP contribution in [0.3, 0.4) is 0 Å². The van der Waals surface area contributed by atoms with Crippen molar-refractivity contribution >= 4 is 16.7 Å². The first-order chi connectivity index (χ1) is 8.93. The summed E-state index contributed by atoms with van der Waals surface area (Å²) in [6, 6.07) is 1.93. The van der Waals surface area contributed by atoms with E-state index in [0.717, 1.165) is 56.1 Å². The number of morpholine rings is 1. The quantitative estimate of drug-likeness (QED) is 0.832. The molecule has 0 atom stereocenters. The number of hydrogen-bond acceptors (Lipinski definition) is 5. The first-order valence-corrected chi connectivity index (χ1v) is 6.25. The third-order valence-corrected chi connectivity index (χ3v) is 3.19. The van der Waals surface area contributed by atoms with Crippen LogP contribution in [0.25, 0.3) is 10.9 Å². The predicted octanol–water partition coefficient (Wildman–Crippen LogP) is 0.702. The second kappa shape index (κ2) is 5.32. The predicted molar refractivity (Wildman–Crippen MR) is 69.6 cm³/mol. The number of aromatic nitrogens is 3. The van der Waals surface area contributed by atoms with E-state index in [4.69, 9.17) is 4.74 Å². The Morgan fingerprint density at radius 1 is 1.39 bits per heavy atom. The van der Waals surface area contributed by atoms with Crippen molar-refractivity contribution in [1.29, 1.82) is 0 Å². The standard InChI is InChI=1S/C12H17N5O/c1-2-13-9-10-11(1)15-16-12(10)14-3-4-17-5-7-18-8-6-17/h1-2,9H,3-8H2,(H2,14,15,16). The summed E-state index contributed by atoms with van der Waals surface area (Å²) >= 11 is 0. The van der Waals surface area contributed by atoms with Crippen LogP contribution in [-0.4, -0.2) is 59.5 Å². The van der Waals surface area contributed by atoms with Gasteiger partial charge in [0, 0.05) is 38.6 Å². The third kappa shape index (κ3) is 2.44. The SMILES string of the molecule is c1cc2[nH]nc(NCCN3CCOCC3)c2cn1. The van der Waals surface area contributed by atoms with Gasteiger partial charge in [0.05, 0.1) is 24.1 Å². The van der Waals surface area contributed by atoms with Gasteiger partial charge in [0.2, 0.25) is 0 Å². The summed E-state index contributed by atoms with van der Waals surface area (Å²) in [6.07, 6.45) is 3.59. The molecule has 1 aliphatic rings. The van der Waals surface area contributed by atoms with Crippen LogP contribution in [0, 0.1) is 0 Å². The Balaban J connectivity index is 1.56. The number of hydrogen-bond donors (Lipinski definition) is 2. The van der Waals surface area contributed by atoms with E-state index in [9.17, 15) is 0 Å². The van der Waals surface area contributed by atoms with Gasteiger partial charge in [0.15, 0.2) is 5.82 Å². The van der Waals surface area contributed by atoms with Crippen molar-refractivity contribution < 1.29 is 4.74 Å². The Morgan fingerprint density at radius 3 is 3.17 bits per heavy atom. The second-order valence-electron chi connectivity index (χ2n) is 4.37. The minimum absolute atomic E-state index is 0.843. The lowest BCUT2D eigenvalue weighted by Crippen LogP contribution is -2.39. The Hall–Kier alpha value is -1.66. The number of anilines is 1. The zero-order valence-electron chi connectivity index (χ0n) is 10.2. The van der Waals surface area contributed by atoms with Crippen LogP contribution in [0.2, 0.25) is 0 Å². The lowest BCUT2D eigenvalue weighted by atomic mass is 10.3. The van der Waals surface area contributed by atoms with Gasteiger partial charge in [-0.1, -0.05) is 0 Å². The highest BCUT2D eigenvalue weighted by Crippen LogP contribution is 2.17. The monoisotopic (exact) mass is 247 g/mol. The molecule has 0 bridgehead atoms. The molecule has 18 heavy (non-hydrogen) atoms. The number of nitrogens with one attached hydrogen (secondary N) is 2. The summed E-state index contributed by atoms with van der Waals surface area (Å²) in [5, 5.41) is 11.6. The molecular formula is C12H17N5O. The Labute approximate surface area is 105 Å². The van der Waals surface area contributed by atoms with E-state index in [2.05, 4.69) is 25.4 Å². The maximum atomic E-state index is 5.32. The summed E-state index contributed by atoms with van der Waals surface area (Å²) in [5.41, 5.74) is 1.01. The molecule has 1 aliphatic heterocycles. The lowest BCUT2D eigenvalue weighted by Gasteiger charge is -2.26. The molecule has 2 N–H and O–H groups in total. The third-order valence-electron chi connectivity index (χ3n) is 3.19. The zero-order valence-corrected chi connectivity index (χ0v) is 10.2. The molecule has 0 saturated carbocycles. The summed E-state index contributed by atoms with van der Waals surface area (Å²) in [7, 11) is 0. The molecule has 1 saturated heterocycles. The van der Waals surface area contributed by atoms with Crippen molar-refractivity contribution in [3.63, 3.8) is 0 Å². The Morgan fingerprint density at radius 2 is 2.28 bits per heavy atom. The second-order valence-corrected chi connectivity index (χ2v) is 4.37. The van der Waals surface area contributed by atoms with Crippen molar-refractivity contribution in [1.82, 2.24) is 20.1 Å². The van der Waals surface area contributed by atoms with Gasteiger partial charge in [-0.2, -0.15) is 5.10 Å². The highest BCUT2D eigenvalue weighted by atomic mass is 16.5. The molecule has 6 heteroatoms. The molecule has 0 unspecified atom stereocenters. The van der Waals surface area contributed by atoms with Gasteiger partial charge in [0.1, 0.15) is 0 Å². The van der Waals surface area contributed by atoms with Crippen LogP contribution in [0.1, 0.15) is 0 Å². The van der Waals surface area contributed by atoms with E-state index in [-0.39, 0.29) is 0 Å². The fourth-order valence-corrected chi connectivity index (χ4v) is 2.15. The molecule has 0 amide bonds. The van der Waals surface area contributed by atoms with E-state index < -0.39 is 0 Å². The molecule has 0 spiro atoms. The molecule has 1 fully saturated rings. The average molecular weight is 247 g/mol. The minimum atomic E-state index is 0.843. The molecule has 96 valence electrons. The molecule has 0 aliphatic carbocycles. The number of rotatable bonds is 4. The van der Waals surface area contributed by atoms with Gasteiger partial charge in [-0.15, -0.1) is 0 Å². The number of aromatic amines is 1. The van der Waals surface area contributed by atoms with Crippen LogP contribution >= 0.6 is 0 Å². The molecule has 2 aromatic rings. The van der Waals surface area contributed by atoms with Crippen LogP contribution < -0.4 is 5.32 Å². The van der Waals surface area contributed by atoms with Crippen LogP contribution in [-0.2, 0) is 4.74 Å². The van der Waals surface area contributed by atoms with E-state index in [1.807, 2.05) is 12.3 Å². The molecule has 3 rings (SSSR count). The Bertz CT molecular complexity index is 506. The molecule has 2 aromatic heterocycles. The summed E-state index contributed by atoms with van der Waals surface area (Å²) in [4.78, 5) is 6.51. The van der Waals surface area contributed by atoms with Gasteiger partial charge in [0.25, 0.3) is 0 Å². The van der Waals surface area contributed by atoms with Crippen molar-refractivity contribution in [2.24, 2.45) is 0 Å². The number of fused-ring (bicyclic) bond motifs is 1. The van der Waals surface area contributed by atoms with Crippen LogP contribution in [0.5, 0.6) is 0 Å². The fraction of sp³-hybridized carbons (Fsp3) is 0.500. The summed E-state index contributed by atoms with van der Waals surface area (Å²) < 4.78 is 5.32. The number of nitrogens with zero attached hydrogens (tertiary/aromatic N) is 3. The van der Waals surface area contributed by atoms with Gasteiger partial charge in [-0.25, -0.2) is 0 Å². The maximum Gasteiger partial charge on any atom is 0.157 e. The average Bonchev–Trinajstić information content (AvgIpc) is 2.84. The molecule has 0 aromatic carbocycles. The fourth-order valence-electron chi connectivity index (χ4n) is 2.15. The maximum absolute atomic E-state index is 5.32. The summed E-state index contributed by atoms with van der Waals surface area (Å²) in [6.45, 7) is 5.62. The summed E-state index contributed by atoms with van der Waals surface area (Å²) in [5.74, 6) is 0.881. The van der Waals surface area contributed by atoms with Crippen LogP contribution in [0.4, 0.5) is 5.82 Å². The van der Waals surface area contributed by atoms with Crippen molar-refractivity contribution in [3.05, 3.63) is 18.5 Å². The zero-order chi connectivity index (χ0) is 12.2. The van der Waals surface area contributed by atoms with E-state index in [0.29, 0.717) is 0 Å². The van der Waals surface area contributed by atoms with E-state index in [1.54, 1.807) is 6.20 Å². The molecular weight excluding hydrogens is 230 g/mol. The first-order valence-electron chi connectivity index (χ1n) is 6.25. The van der Waals surface area contributed by atoms with Gasteiger partial charge < -0.3 is 10.1 Å². The normalized spacial score (nSPS) is 17.1. The van der Waals surface area contributed by atoms with Crippen molar-refractivity contribution in [2.75, 3.05) is 44.7 Å². The smallest absolute Gasteiger partial charge is 0.157 e. The lowest BCUT2D eigenvalue weighted by molar-refractivity contribution is 0.0398. The van der Waals surface area contributed by atoms with Crippen LogP contribution in [0.15, 0.2) is 18.5 Å². The topological polar surface area (TPSA) is 66.1 Å². The van der Waals surface area contributed by atoms with Gasteiger partial charge >= 0.3 is 0 Å². The Kier molecular flexibility index (Phi) is 3.38. The number of ether oxygens (including phenoxy) is 1. The van der Waals surface area contributed by atoms with Crippen molar-refractivity contribution in [2.45, 2.75) is 0 Å². The number of pyridine rings is 1. The minimum Gasteiger partial charge on any atom is -0.379 e. The highest BCUT2D eigenvalue weighted by Gasteiger charge is 2.10. The molecule has 0 radical (unpaired) electrons. The molecule has 3 heterocycles. The number of H-pyrrole nitrogens is 1. The first kappa shape index (κ1) is 11.4. The molecule has 6 nitrogen and oxygen atoms in total. The largest absolute Gasteiger partial charge is 0.379 e. The van der Waals surface area contributed by atoms with E-state index >= 15 is 0 Å². The van der Waals surface area contributed by atoms with Gasteiger partial charge in [-0.05, 0) is 6.07 Å². The van der Waals surface area contributed by atoms with E-state index in [1.165, 1.54) is 0 Å². The highest BCUT2D eigenvalue weighted by molar-refractivity contribution is 5.88. The van der Waals surface area contributed by atoms with Crippen molar-refractivity contribution in [3.8, 4) is 0 Å².